The number of nitrogens with one attached hydrogen (secondary N) is 2. The Balaban J connectivity index is 1.64. The SMILES string of the molecule is CN(C)C(=O)Cc1ccc(NC(=O)c2ccc(S(=O)(=O)Nc3ccc(F)cc3)cc2)cc1. The van der Waals surface area contributed by atoms with E-state index in [1.54, 1.807) is 38.4 Å². The number of hydrogen-bond donors (Lipinski definition) is 2. The smallest absolute Gasteiger partial charge is 0.261 e. The summed E-state index contributed by atoms with van der Waals surface area (Å²) in [4.78, 5) is 25.7. The molecule has 9 heteroatoms. The van der Waals surface area contributed by atoms with E-state index < -0.39 is 21.7 Å². The Bertz CT molecular complexity index is 1210. The maximum atomic E-state index is 13.0. The molecule has 0 aromatic heterocycles. The van der Waals surface area contributed by atoms with Crippen LogP contribution in [0.25, 0.3) is 0 Å². The third kappa shape index (κ3) is 5.92. The third-order valence-electron chi connectivity index (χ3n) is 4.59. The first-order valence-corrected chi connectivity index (χ1v) is 11.1. The minimum atomic E-state index is -3.88. The van der Waals surface area contributed by atoms with Crippen LogP contribution in [0, 0.1) is 5.82 Å². The lowest BCUT2D eigenvalue weighted by molar-refractivity contribution is -0.127. The molecule has 0 aliphatic rings. The summed E-state index contributed by atoms with van der Waals surface area (Å²) in [6, 6.07) is 17.3. The number of rotatable bonds is 7. The Kier molecular flexibility index (Phi) is 6.89. The number of benzene rings is 3. The zero-order valence-corrected chi connectivity index (χ0v) is 18.3. The summed E-state index contributed by atoms with van der Waals surface area (Å²) < 4.78 is 40.3. The largest absolute Gasteiger partial charge is 0.349 e. The monoisotopic (exact) mass is 455 g/mol. The van der Waals surface area contributed by atoms with Gasteiger partial charge in [0.25, 0.3) is 15.9 Å². The van der Waals surface area contributed by atoms with E-state index in [0.717, 1.165) is 17.7 Å². The zero-order valence-electron chi connectivity index (χ0n) is 17.5. The lowest BCUT2D eigenvalue weighted by Gasteiger charge is -2.11. The lowest BCUT2D eigenvalue weighted by Crippen LogP contribution is -2.23. The van der Waals surface area contributed by atoms with Gasteiger partial charge in [0.2, 0.25) is 5.91 Å². The number of amides is 2. The van der Waals surface area contributed by atoms with Crippen molar-refractivity contribution in [3.63, 3.8) is 0 Å². The molecule has 7 nitrogen and oxygen atoms in total. The van der Waals surface area contributed by atoms with E-state index in [1.807, 2.05) is 0 Å². The van der Waals surface area contributed by atoms with E-state index in [4.69, 9.17) is 0 Å². The maximum absolute atomic E-state index is 13.0. The highest BCUT2D eigenvalue weighted by Crippen LogP contribution is 2.18. The average molecular weight is 456 g/mol. The van der Waals surface area contributed by atoms with Gasteiger partial charge in [-0.3, -0.25) is 14.3 Å². The molecule has 0 aliphatic carbocycles. The molecular weight excluding hydrogens is 433 g/mol. The van der Waals surface area contributed by atoms with Gasteiger partial charge in [0, 0.05) is 31.0 Å². The van der Waals surface area contributed by atoms with Crippen molar-refractivity contribution in [1.29, 1.82) is 0 Å². The Morgan fingerprint density at radius 2 is 1.41 bits per heavy atom. The van der Waals surface area contributed by atoms with Gasteiger partial charge in [0.15, 0.2) is 0 Å². The quantitative estimate of drug-likeness (QED) is 0.570. The van der Waals surface area contributed by atoms with Crippen molar-refractivity contribution in [2.75, 3.05) is 24.1 Å². The standard InChI is InChI=1S/C23H22FN3O4S/c1-27(2)22(28)15-16-3-9-19(10-4-16)25-23(29)17-5-13-21(14-6-17)32(30,31)26-20-11-7-18(24)8-12-20/h3-14,26H,15H2,1-2H3,(H,25,29). The van der Waals surface area contributed by atoms with E-state index >= 15 is 0 Å². The fraction of sp³-hybridized carbons (Fsp3) is 0.130. The van der Waals surface area contributed by atoms with Gasteiger partial charge in [-0.05, 0) is 66.2 Å². The van der Waals surface area contributed by atoms with Crippen molar-refractivity contribution in [3.05, 3.63) is 89.7 Å². The molecule has 0 saturated heterocycles. The molecular formula is C23H22FN3O4S. The topological polar surface area (TPSA) is 95.6 Å². The van der Waals surface area contributed by atoms with Crippen LogP contribution in [-0.2, 0) is 21.2 Å². The highest BCUT2D eigenvalue weighted by Gasteiger charge is 2.15. The van der Waals surface area contributed by atoms with Crippen molar-refractivity contribution in [1.82, 2.24) is 4.90 Å². The third-order valence-corrected chi connectivity index (χ3v) is 5.99. The molecule has 166 valence electrons. The van der Waals surface area contributed by atoms with Crippen molar-refractivity contribution in [2.45, 2.75) is 11.3 Å². The Morgan fingerprint density at radius 1 is 0.844 bits per heavy atom. The number of nitrogens with zero attached hydrogens (tertiary/aromatic N) is 1. The number of hydrogen-bond acceptors (Lipinski definition) is 4. The maximum Gasteiger partial charge on any atom is 0.261 e. The highest BCUT2D eigenvalue weighted by molar-refractivity contribution is 7.92. The van der Waals surface area contributed by atoms with Gasteiger partial charge in [-0.1, -0.05) is 12.1 Å². The Morgan fingerprint density at radius 3 is 1.97 bits per heavy atom. The minimum Gasteiger partial charge on any atom is -0.349 e. The van der Waals surface area contributed by atoms with Gasteiger partial charge in [0.05, 0.1) is 11.3 Å². The van der Waals surface area contributed by atoms with Crippen molar-refractivity contribution < 1.29 is 22.4 Å². The molecule has 0 radical (unpaired) electrons. The van der Waals surface area contributed by atoms with Gasteiger partial charge in [0.1, 0.15) is 5.82 Å². The van der Waals surface area contributed by atoms with E-state index in [0.29, 0.717) is 5.69 Å². The molecule has 0 heterocycles. The van der Waals surface area contributed by atoms with Crippen LogP contribution in [0.1, 0.15) is 15.9 Å². The first-order chi connectivity index (χ1) is 15.1. The molecule has 0 spiro atoms. The van der Waals surface area contributed by atoms with Crippen LogP contribution in [0.3, 0.4) is 0 Å². The van der Waals surface area contributed by atoms with E-state index in [1.165, 1.54) is 41.3 Å². The molecule has 0 aliphatic heterocycles. The number of likely N-dealkylation sites (N-methyl/N-ethyl adjacent to an activating group) is 1. The first kappa shape index (κ1) is 23.0. The Hall–Kier alpha value is -3.72. The second-order valence-electron chi connectivity index (χ2n) is 7.25. The van der Waals surface area contributed by atoms with Crippen molar-refractivity contribution >= 4 is 33.2 Å². The van der Waals surface area contributed by atoms with Crippen LogP contribution in [0.5, 0.6) is 0 Å². The molecule has 2 amide bonds. The summed E-state index contributed by atoms with van der Waals surface area (Å²) in [6.45, 7) is 0. The molecule has 0 fully saturated rings. The minimum absolute atomic E-state index is 0.0225. The molecule has 3 aromatic rings. The second-order valence-corrected chi connectivity index (χ2v) is 8.94. The van der Waals surface area contributed by atoms with Crippen LogP contribution in [-0.4, -0.2) is 39.2 Å². The molecule has 32 heavy (non-hydrogen) atoms. The molecule has 2 N–H and O–H groups in total. The molecule has 0 bridgehead atoms. The van der Waals surface area contributed by atoms with Crippen LogP contribution < -0.4 is 10.0 Å². The van der Waals surface area contributed by atoms with E-state index in [9.17, 15) is 22.4 Å². The predicted molar refractivity (Wildman–Crippen MR) is 120 cm³/mol. The summed E-state index contributed by atoms with van der Waals surface area (Å²) in [7, 11) is -0.510. The fourth-order valence-electron chi connectivity index (χ4n) is 2.76. The van der Waals surface area contributed by atoms with E-state index in [-0.39, 0.29) is 28.5 Å². The number of carbonyl (C=O) groups excluding carboxylic acids is 2. The predicted octanol–water partition coefficient (Wildman–Crippen LogP) is 3.51. The molecule has 0 unspecified atom stereocenters. The number of halogens is 1. The first-order valence-electron chi connectivity index (χ1n) is 9.63. The van der Waals surface area contributed by atoms with Gasteiger partial charge < -0.3 is 10.2 Å². The molecule has 0 atom stereocenters. The number of carbonyl (C=O) groups is 2. The van der Waals surface area contributed by atoms with Crippen molar-refractivity contribution in [3.8, 4) is 0 Å². The van der Waals surface area contributed by atoms with E-state index in [2.05, 4.69) is 10.0 Å². The summed E-state index contributed by atoms with van der Waals surface area (Å²) in [6.07, 6.45) is 0.267. The summed E-state index contributed by atoms with van der Waals surface area (Å²) >= 11 is 0. The Labute approximate surface area is 185 Å². The molecule has 3 aromatic carbocycles. The summed E-state index contributed by atoms with van der Waals surface area (Å²) in [5.41, 5.74) is 1.87. The van der Waals surface area contributed by atoms with Crippen LogP contribution in [0.4, 0.5) is 15.8 Å². The van der Waals surface area contributed by atoms with Crippen molar-refractivity contribution in [2.24, 2.45) is 0 Å². The van der Waals surface area contributed by atoms with Crippen LogP contribution in [0.2, 0.25) is 0 Å². The normalized spacial score (nSPS) is 11.0. The number of sulfonamides is 1. The van der Waals surface area contributed by atoms with Gasteiger partial charge >= 0.3 is 0 Å². The van der Waals surface area contributed by atoms with Gasteiger partial charge in [-0.2, -0.15) is 0 Å². The highest BCUT2D eigenvalue weighted by atomic mass is 32.2. The molecule has 0 saturated carbocycles. The summed E-state index contributed by atoms with van der Waals surface area (Å²) in [5.74, 6) is -0.900. The van der Waals surface area contributed by atoms with Crippen LogP contribution in [0.15, 0.2) is 77.7 Å². The van der Waals surface area contributed by atoms with Gasteiger partial charge in [-0.15, -0.1) is 0 Å². The molecule has 3 rings (SSSR count). The van der Waals surface area contributed by atoms with Gasteiger partial charge in [-0.25, -0.2) is 12.8 Å². The van der Waals surface area contributed by atoms with Crippen LogP contribution >= 0.6 is 0 Å². The average Bonchev–Trinajstić information content (AvgIpc) is 2.76. The lowest BCUT2D eigenvalue weighted by atomic mass is 10.1. The second kappa shape index (κ2) is 9.61. The summed E-state index contributed by atoms with van der Waals surface area (Å²) in [5, 5.41) is 2.73. The fourth-order valence-corrected chi connectivity index (χ4v) is 3.82. The zero-order chi connectivity index (χ0) is 23.3. The number of anilines is 2.